The Bertz CT molecular complexity index is 364. The van der Waals surface area contributed by atoms with Gasteiger partial charge < -0.3 is 5.11 Å². The Morgan fingerprint density at radius 1 is 1.37 bits per heavy atom. The van der Waals surface area contributed by atoms with Gasteiger partial charge in [0.05, 0.1) is 5.60 Å². The molecule has 0 radical (unpaired) electrons. The highest BCUT2D eigenvalue weighted by Crippen LogP contribution is 2.55. The first-order chi connectivity index (χ1) is 8.83. The number of carbonyl (C=O) groups is 1. The molecular formula is C17H28O2. The smallest absolute Gasteiger partial charge is 0.136 e. The number of rotatable bonds is 4. The number of hydrogen-bond acceptors (Lipinski definition) is 2. The summed E-state index contributed by atoms with van der Waals surface area (Å²) in [7, 11) is 0. The Kier molecular flexibility index (Phi) is 4.20. The van der Waals surface area contributed by atoms with Gasteiger partial charge in [0.25, 0.3) is 0 Å². The van der Waals surface area contributed by atoms with E-state index in [0.29, 0.717) is 24.0 Å². The van der Waals surface area contributed by atoms with E-state index in [1.807, 2.05) is 13.8 Å². The van der Waals surface area contributed by atoms with Crippen LogP contribution < -0.4 is 0 Å². The summed E-state index contributed by atoms with van der Waals surface area (Å²) in [6.07, 6.45) is 11.5. The van der Waals surface area contributed by atoms with Gasteiger partial charge in [-0.1, -0.05) is 19.1 Å². The predicted octanol–water partition coefficient (Wildman–Crippen LogP) is 3.88. The second-order valence-electron chi connectivity index (χ2n) is 7.38. The third-order valence-electron chi connectivity index (χ3n) is 5.26. The van der Waals surface area contributed by atoms with Crippen molar-refractivity contribution in [3.8, 4) is 0 Å². The van der Waals surface area contributed by atoms with Crippen LogP contribution in [0.25, 0.3) is 0 Å². The molecule has 0 spiro atoms. The molecule has 0 aromatic carbocycles. The van der Waals surface area contributed by atoms with Gasteiger partial charge in [-0.2, -0.15) is 0 Å². The molecule has 0 aromatic rings. The second kappa shape index (κ2) is 5.40. The fourth-order valence-corrected chi connectivity index (χ4v) is 4.06. The maximum Gasteiger partial charge on any atom is 0.136 e. The molecule has 108 valence electrons. The Balaban J connectivity index is 1.93. The minimum Gasteiger partial charge on any atom is -0.390 e. The molecule has 3 atom stereocenters. The lowest BCUT2D eigenvalue weighted by Crippen LogP contribution is -2.37. The third kappa shape index (κ3) is 3.28. The molecule has 2 aliphatic carbocycles. The molecule has 0 bridgehead atoms. The van der Waals surface area contributed by atoms with Gasteiger partial charge in [0.1, 0.15) is 5.78 Å². The lowest BCUT2D eigenvalue weighted by atomic mass is 9.64. The molecule has 0 saturated heterocycles. The first-order valence-electron chi connectivity index (χ1n) is 7.73. The summed E-state index contributed by atoms with van der Waals surface area (Å²) < 4.78 is 0. The normalized spacial score (nSPS) is 35.9. The molecule has 1 N–H and O–H groups in total. The molecule has 2 heteroatoms. The van der Waals surface area contributed by atoms with Crippen molar-refractivity contribution < 1.29 is 9.90 Å². The van der Waals surface area contributed by atoms with Crippen LogP contribution in [0.1, 0.15) is 65.7 Å². The Hall–Kier alpha value is -0.630. The molecule has 2 aliphatic rings. The maximum absolute atomic E-state index is 12.0. The zero-order valence-electron chi connectivity index (χ0n) is 12.6. The SMILES string of the molecule is CC(C)(O)C/C=C/C[C@H]1CCC2C(=O)CCC[C@@]21C. The van der Waals surface area contributed by atoms with Gasteiger partial charge in [-0.15, -0.1) is 0 Å². The van der Waals surface area contributed by atoms with Gasteiger partial charge in [-0.3, -0.25) is 4.79 Å². The Morgan fingerprint density at radius 3 is 2.79 bits per heavy atom. The summed E-state index contributed by atoms with van der Waals surface area (Å²) in [4.78, 5) is 12.0. The monoisotopic (exact) mass is 264 g/mol. The zero-order chi connectivity index (χ0) is 14.1. The van der Waals surface area contributed by atoms with Crippen LogP contribution in [-0.4, -0.2) is 16.5 Å². The molecule has 19 heavy (non-hydrogen) atoms. The van der Waals surface area contributed by atoms with Crippen molar-refractivity contribution in [3.63, 3.8) is 0 Å². The van der Waals surface area contributed by atoms with Crippen LogP contribution in [0, 0.1) is 17.3 Å². The van der Waals surface area contributed by atoms with Crippen molar-refractivity contribution in [2.24, 2.45) is 17.3 Å². The first-order valence-corrected chi connectivity index (χ1v) is 7.73. The third-order valence-corrected chi connectivity index (χ3v) is 5.26. The summed E-state index contributed by atoms with van der Waals surface area (Å²) in [6, 6.07) is 0. The maximum atomic E-state index is 12.0. The van der Waals surface area contributed by atoms with Gasteiger partial charge in [-0.25, -0.2) is 0 Å². The quantitative estimate of drug-likeness (QED) is 0.782. The average Bonchev–Trinajstić information content (AvgIpc) is 2.62. The van der Waals surface area contributed by atoms with Crippen LogP contribution in [0.5, 0.6) is 0 Å². The standard InChI is InChI=1S/C17H28O2/c1-16(2,19)11-5-4-7-13-9-10-14-15(18)8-6-12-17(13,14)3/h4-5,13-14,19H,6-12H2,1-3H3/b5-4+/t13-,14?,17+/m0/s1. The van der Waals surface area contributed by atoms with E-state index in [1.54, 1.807) is 0 Å². The van der Waals surface area contributed by atoms with Crippen LogP contribution in [0.3, 0.4) is 0 Å². The van der Waals surface area contributed by atoms with Crippen molar-refractivity contribution in [1.29, 1.82) is 0 Å². The van der Waals surface area contributed by atoms with Gasteiger partial charge in [0.15, 0.2) is 0 Å². The van der Waals surface area contributed by atoms with E-state index in [1.165, 1.54) is 12.8 Å². The van der Waals surface area contributed by atoms with Crippen LogP contribution in [0.4, 0.5) is 0 Å². The van der Waals surface area contributed by atoms with Crippen molar-refractivity contribution in [2.45, 2.75) is 71.3 Å². The van der Waals surface area contributed by atoms with Crippen molar-refractivity contribution >= 4 is 5.78 Å². The van der Waals surface area contributed by atoms with E-state index in [-0.39, 0.29) is 5.41 Å². The minimum absolute atomic E-state index is 0.244. The van der Waals surface area contributed by atoms with Crippen LogP contribution in [-0.2, 0) is 4.79 Å². The van der Waals surface area contributed by atoms with Crippen LogP contribution in [0.15, 0.2) is 12.2 Å². The minimum atomic E-state index is -0.612. The number of fused-ring (bicyclic) bond motifs is 1. The van der Waals surface area contributed by atoms with Crippen LogP contribution in [0.2, 0.25) is 0 Å². The Labute approximate surface area is 117 Å². The van der Waals surface area contributed by atoms with Crippen molar-refractivity contribution in [2.75, 3.05) is 0 Å². The lowest BCUT2D eigenvalue weighted by molar-refractivity contribution is -0.129. The number of Topliss-reactive ketones (excluding diaryl/α,β-unsaturated/α-hetero) is 1. The number of ketones is 1. The van der Waals surface area contributed by atoms with Gasteiger partial charge in [0, 0.05) is 12.3 Å². The number of hydrogen-bond donors (Lipinski definition) is 1. The molecule has 0 aliphatic heterocycles. The van der Waals surface area contributed by atoms with Gasteiger partial charge in [0.2, 0.25) is 0 Å². The highest BCUT2D eigenvalue weighted by molar-refractivity contribution is 5.83. The summed E-state index contributed by atoms with van der Waals surface area (Å²) in [5.74, 6) is 1.49. The topological polar surface area (TPSA) is 37.3 Å². The molecule has 0 amide bonds. The summed E-state index contributed by atoms with van der Waals surface area (Å²) in [6.45, 7) is 6.00. The zero-order valence-corrected chi connectivity index (χ0v) is 12.6. The molecule has 0 heterocycles. The molecule has 2 rings (SSSR count). The molecular weight excluding hydrogens is 236 g/mol. The number of allylic oxidation sites excluding steroid dienone is 1. The van der Waals surface area contributed by atoms with E-state index >= 15 is 0 Å². The van der Waals surface area contributed by atoms with Crippen LogP contribution >= 0.6 is 0 Å². The van der Waals surface area contributed by atoms with Gasteiger partial charge in [-0.05, 0) is 63.7 Å². The predicted molar refractivity (Wildman–Crippen MR) is 77.9 cm³/mol. The summed E-state index contributed by atoms with van der Waals surface area (Å²) >= 11 is 0. The van der Waals surface area contributed by atoms with E-state index in [4.69, 9.17) is 0 Å². The van der Waals surface area contributed by atoms with Crippen molar-refractivity contribution in [1.82, 2.24) is 0 Å². The van der Waals surface area contributed by atoms with Crippen molar-refractivity contribution in [3.05, 3.63) is 12.2 Å². The summed E-state index contributed by atoms with van der Waals surface area (Å²) in [5.41, 5.74) is -0.367. The number of aliphatic hydroxyl groups is 1. The highest BCUT2D eigenvalue weighted by atomic mass is 16.3. The second-order valence-corrected chi connectivity index (χ2v) is 7.38. The molecule has 0 aromatic heterocycles. The first kappa shape index (κ1) is 14.8. The van der Waals surface area contributed by atoms with E-state index < -0.39 is 5.60 Å². The van der Waals surface area contributed by atoms with E-state index in [9.17, 15) is 9.90 Å². The average molecular weight is 264 g/mol. The molecule has 2 fully saturated rings. The van der Waals surface area contributed by atoms with E-state index in [0.717, 1.165) is 25.7 Å². The molecule has 2 saturated carbocycles. The molecule has 2 nitrogen and oxygen atoms in total. The highest BCUT2D eigenvalue weighted by Gasteiger charge is 2.50. The fraction of sp³-hybridized carbons (Fsp3) is 0.824. The van der Waals surface area contributed by atoms with E-state index in [2.05, 4.69) is 19.1 Å². The molecule has 1 unspecified atom stereocenters. The fourth-order valence-electron chi connectivity index (χ4n) is 4.06. The van der Waals surface area contributed by atoms with Gasteiger partial charge >= 0.3 is 0 Å². The lowest BCUT2D eigenvalue weighted by Gasteiger charge is -2.39. The Morgan fingerprint density at radius 2 is 2.11 bits per heavy atom. The number of carbonyl (C=O) groups excluding carboxylic acids is 1. The largest absolute Gasteiger partial charge is 0.390 e. The summed E-state index contributed by atoms with van der Waals surface area (Å²) in [5, 5.41) is 9.69.